The van der Waals surface area contributed by atoms with Crippen molar-refractivity contribution in [1.29, 1.82) is 0 Å². The molecule has 0 unspecified atom stereocenters. The molecule has 0 saturated carbocycles. The van der Waals surface area contributed by atoms with E-state index in [-0.39, 0.29) is 23.7 Å². The topological polar surface area (TPSA) is 63.6 Å². The molecule has 1 rings (SSSR count). The molecule has 15 heavy (non-hydrogen) atoms. The molecule has 4 nitrogen and oxygen atoms in total. The Bertz CT molecular complexity index is 356. The second-order valence-electron chi connectivity index (χ2n) is 2.87. The van der Waals surface area contributed by atoms with E-state index in [1.165, 1.54) is 17.7 Å². The molecule has 0 aliphatic carbocycles. The van der Waals surface area contributed by atoms with Crippen molar-refractivity contribution in [3.8, 4) is 0 Å². The van der Waals surface area contributed by atoms with Gasteiger partial charge in [0.15, 0.2) is 11.4 Å². The van der Waals surface area contributed by atoms with Crippen LogP contribution in [0.4, 0.5) is 0 Å². The van der Waals surface area contributed by atoms with Crippen LogP contribution in [0, 0.1) is 0 Å². The molecule has 0 saturated heterocycles. The van der Waals surface area contributed by atoms with E-state index in [1.807, 2.05) is 0 Å². The van der Waals surface area contributed by atoms with Crippen molar-refractivity contribution in [1.82, 2.24) is 0 Å². The molecule has 1 aliphatic heterocycles. The van der Waals surface area contributed by atoms with Crippen LogP contribution in [-0.4, -0.2) is 23.4 Å². The summed E-state index contributed by atoms with van der Waals surface area (Å²) >= 11 is 0. The lowest BCUT2D eigenvalue weighted by Gasteiger charge is -2.07. The Balaban J connectivity index is 2.23. The quantitative estimate of drug-likeness (QED) is 0.525. The fourth-order valence-corrected chi connectivity index (χ4v) is 2.59. The summed E-state index contributed by atoms with van der Waals surface area (Å²) in [5.74, 6) is 0.00644. The number of nitrogens with zero attached hydrogens (tertiary/aromatic N) is 1. The second-order valence-corrected chi connectivity index (χ2v) is 5.09. The maximum Gasteiger partial charge on any atom is 0.200 e. The molecule has 0 atom stereocenters. The van der Waals surface area contributed by atoms with E-state index in [2.05, 4.69) is 4.99 Å². The minimum absolute atomic E-state index is 0.00644. The van der Waals surface area contributed by atoms with Gasteiger partial charge in [0, 0.05) is 19.1 Å². The first kappa shape index (κ1) is 12.2. The molecule has 0 spiro atoms. The summed E-state index contributed by atoms with van der Waals surface area (Å²) in [5, 5.41) is -0.0618. The van der Waals surface area contributed by atoms with Gasteiger partial charge in [-0.2, -0.15) is 0 Å². The summed E-state index contributed by atoms with van der Waals surface area (Å²) < 4.78 is 0. The number of Topliss-reactive ketones (excluding diaryl/α,β-unsaturated/α-hetero) is 1. The molecule has 1 aliphatic rings. The SMILES string of the molecule is CC(=O)CCC(=O)SSC1=C(C=O)N=C1. The summed E-state index contributed by atoms with van der Waals surface area (Å²) in [6.07, 6.45) is 2.72. The van der Waals surface area contributed by atoms with Crippen molar-refractivity contribution in [3.05, 3.63) is 10.6 Å². The highest BCUT2D eigenvalue weighted by Gasteiger charge is 2.14. The van der Waals surface area contributed by atoms with Gasteiger partial charge in [0.25, 0.3) is 0 Å². The van der Waals surface area contributed by atoms with Gasteiger partial charge in [-0.3, -0.25) is 14.6 Å². The zero-order valence-electron chi connectivity index (χ0n) is 8.06. The van der Waals surface area contributed by atoms with Crippen molar-refractivity contribution in [2.75, 3.05) is 0 Å². The van der Waals surface area contributed by atoms with Gasteiger partial charge >= 0.3 is 0 Å². The van der Waals surface area contributed by atoms with E-state index >= 15 is 0 Å². The summed E-state index contributed by atoms with van der Waals surface area (Å²) in [7, 11) is 2.25. The number of rotatable bonds is 6. The maximum atomic E-state index is 11.2. The van der Waals surface area contributed by atoms with E-state index in [9.17, 15) is 14.4 Å². The number of aldehydes is 1. The fourth-order valence-electron chi connectivity index (χ4n) is 0.756. The van der Waals surface area contributed by atoms with Gasteiger partial charge in [-0.25, -0.2) is 0 Å². The number of aliphatic imine (C=N–C) groups is 1. The highest BCUT2D eigenvalue weighted by atomic mass is 33.1. The third-order valence-corrected chi connectivity index (χ3v) is 3.90. The smallest absolute Gasteiger partial charge is 0.200 e. The van der Waals surface area contributed by atoms with Crippen LogP contribution in [0.25, 0.3) is 0 Å². The summed E-state index contributed by atoms with van der Waals surface area (Å²) in [4.78, 5) is 36.6. The monoisotopic (exact) mass is 243 g/mol. The zero-order chi connectivity index (χ0) is 11.3. The minimum Gasteiger partial charge on any atom is -0.300 e. The van der Waals surface area contributed by atoms with Crippen molar-refractivity contribution in [2.24, 2.45) is 4.99 Å². The van der Waals surface area contributed by atoms with Crippen LogP contribution in [0.1, 0.15) is 19.8 Å². The average Bonchev–Trinajstić information content (AvgIpc) is 2.14. The average molecular weight is 243 g/mol. The molecule has 0 N–H and O–H groups in total. The minimum atomic E-state index is -0.0618. The highest BCUT2D eigenvalue weighted by Crippen LogP contribution is 2.35. The largest absolute Gasteiger partial charge is 0.300 e. The molecule has 0 radical (unpaired) electrons. The Hall–Kier alpha value is -0.880. The van der Waals surface area contributed by atoms with Crippen LogP contribution in [-0.2, 0) is 14.4 Å². The number of hydrogen-bond donors (Lipinski definition) is 0. The number of ketones is 1. The van der Waals surface area contributed by atoms with Crippen LogP contribution in [0.15, 0.2) is 15.6 Å². The first-order valence-corrected chi connectivity index (χ1v) is 6.38. The van der Waals surface area contributed by atoms with Gasteiger partial charge < -0.3 is 4.79 Å². The van der Waals surface area contributed by atoms with E-state index in [0.717, 1.165) is 10.8 Å². The molecule has 0 fully saturated rings. The highest BCUT2D eigenvalue weighted by molar-refractivity contribution is 8.83. The van der Waals surface area contributed by atoms with Crippen molar-refractivity contribution < 1.29 is 14.4 Å². The Labute approximate surface area is 95.0 Å². The molecule has 0 aromatic carbocycles. The van der Waals surface area contributed by atoms with Gasteiger partial charge in [-0.1, -0.05) is 0 Å². The Morgan fingerprint density at radius 3 is 2.67 bits per heavy atom. The predicted octanol–water partition coefficient (Wildman–Crippen LogP) is 1.76. The third kappa shape index (κ3) is 4.01. The van der Waals surface area contributed by atoms with E-state index in [0.29, 0.717) is 16.9 Å². The van der Waals surface area contributed by atoms with Crippen molar-refractivity contribution in [2.45, 2.75) is 19.8 Å². The molecule has 0 amide bonds. The van der Waals surface area contributed by atoms with E-state index in [4.69, 9.17) is 0 Å². The van der Waals surface area contributed by atoms with Crippen LogP contribution < -0.4 is 0 Å². The summed E-state index contributed by atoms with van der Waals surface area (Å²) in [6, 6.07) is 0. The van der Waals surface area contributed by atoms with Gasteiger partial charge in [0.2, 0.25) is 0 Å². The maximum absolute atomic E-state index is 11.2. The number of allylic oxidation sites excluding steroid dienone is 2. The standard InChI is InChI=1S/C9H9NO3S2/c1-6(12)2-3-9(13)15-14-8-4-10-7(8)5-11/h4-5H,2-3H2,1H3. The Morgan fingerprint density at radius 1 is 1.47 bits per heavy atom. The van der Waals surface area contributed by atoms with Crippen LogP contribution in [0.2, 0.25) is 0 Å². The van der Waals surface area contributed by atoms with Crippen LogP contribution in [0.5, 0.6) is 0 Å². The van der Waals surface area contributed by atoms with Crippen molar-refractivity contribution >= 4 is 45.0 Å². The summed E-state index contributed by atoms with van der Waals surface area (Å²) in [5.41, 5.74) is 0.381. The van der Waals surface area contributed by atoms with E-state index in [1.54, 1.807) is 6.21 Å². The third-order valence-electron chi connectivity index (χ3n) is 1.59. The number of carbonyl (C=O) groups excluding carboxylic acids is 3. The molecule has 0 aromatic rings. The molecule has 0 bridgehead atoms. The first-order chi connectivity index (χ1) is 7.13. The Morgan fingerprint density at radius 2 is 2.20 bits per heavy atom. The van der Waals surface area contributed by atoms with Crippen LogP contribution in [0.3, 0.4) is 0 Å². The number of hydrogen-bond acceptors (Lipinski definition) is 6. The molecular weight excluding hydrogens is 234 g/mol. The second kappa shape index (κ2) is 5.87. The predicted molar refractivity (Wildman–Crippen MR) is 61.7 cm³/mol. The Kier molecular flexibility index (Phi) is 4.77. The lowest BCUT2D eigenvalue weighted by atomic mass is 10.2. The fraction of sp³-hybridized carbons (Fsp3) is 0.333. The molecule has 6 heteroatoms. The van der Waals surface area contributed by atoms with Gasteiger partial charge in [-0.05, 0) is 28.5 Å². The zero-order valence-corrected chi connectivity index (χ0v) is 9.69. The van der Waals surface area contributed by atoms with Gasteiger partial charge in [0.1, 0.15) is 11.5 Å². The van der Waals surface area contributed by atoms with Gasteiger partial charge in [0.05, 0.1) is 4.91 Å². The normalized spacial score (nSPS) is 13.7. The van der Waals surface area contributed by atoms with Crippen molar-refractivity contribution in [3.63, 3.8) is 0 Å². The van der Waals surface area contributed by atoms with Crippen LogP contribution >= 0.6 is 21.6 Å². The van der Waals surface area contributed by atoms with Gasteiger partial charge in [-0.15, -0.1) is 0 Å². The lowest BCUT2D eigenvalue weighted by molar-refractivity contribution is -0.119. The molecule has 0 aromatic heterocycles. The molecule has 80 valence electrons. The van der Waals surface area contributed by atoms with E-state index < -0.39 is 0 Å². The number of carbonyl (C=O) groups is 3. The first-order valence-electron chi connectivity index (χ1n) is 4.24. The molecular formula is C9H9NO3S2. The lowest BCUT2D eigenvalue weighted by Crippen LogP contribution is -2.00. The molecule has 1 heterocycles. The summed E-state index contributed by atoms with van der Waals surface area (Å²) in [6.45, 7) is 1.46.